The van der Waals surface area contributed by atoms with Gasteiger partial charge in [-0.1, -0.05) is 18.2 Å². The van der Waals surface area contributed by atoms with E-state index in [2.05, 4.69) is 36.0 Å². The number of nitrogens with zero attached hydrogens (tertiary/aromatic N) is 6. The first-order chi connectivity index (χ1) is 36.6. The molecule has 9 rings (SSSR count). The minimum absolute atomic E-state index is 0.00655. The lowest BCUT2D eigenvalue weighted by Gasteiger charge is -2.13. The molecule has 30 heteroatoms. The Hall–Kier alpha value is -8.43. The highest BCUT2D eigenvalue weighted by molar-refractivity contribution is 7.87. The fourth-order valence-electron chi connectivity index (χ4n) is 8.07. The molecule has 0 aliphatic heterocycles. The molecule has 0 aliphatic carbocycles. The van der Waals surface area contributed by atoms with Crippen molar-refractivity contribution in [2.75, 3.05) is 19.5 Å². The van der Waals surface area contributed by atoms with E-state index >= 15 is 0 Å². The standard InChI is InChI=1S/C48H35N7O18S5/c1-72-30-8-5-27(6-9-30)49-28-7-12-34-26(17-28)19-45(78(69,70)71)47(48(34)56)55-54-46-36-14-11-32(75(60,61)62)22-39(36)42(24-43(46)73-2)53-52-41-16-15-40(35-13-10-31(21-38(35)41)74(57,58)59)51-50-29-4-3-25-18-33(76(63,64)65)23-44(37(25)20-29)77(66,67)68/h3-24,49,56H,1-2H3,(H,57,58,59)(H,60,61,62)(H,63,64,65)(H,66,67,68)(H,69,70,71). The first-order valence-corrected chi connectivity index (χ1v) is 28.9. The van der Waals surface area contributed by atoms with E-state index in [-0.39, 0.29) is 77.3 Å². The molecule has 9 aromatic carbocycles. The van der Waals surface area contributed by atoms with Gasteiger partial charge in [0.25, 0.3) is 50.6 Å². The fourth-order valence-corrected chi connectivity index (χ4v) is 11.1. The molecular weight excluding hydrogens is 1120 g/mol. The largest absolute Gasteiger partial charge is 0.505 e. The Kier molecular flexibility index (Phi) is 14.1. The minimum Gasteiger partial charge on any atom is -0.505 e. The molecule has 9 aromatic rings. The molecular formula is C48H35N7O18S5. The molecule has 0 saturated heterocycles. The molecule has 0 bridgehead atoms. The molecule has 78 heavy (non-hydrogen) atoms. The van der Waals surface area contributed by atoms with E-state index in [1.54, 1.807) is 30.3 Å². The van der Waals surface area contributed by atoms with Gasteiger partial charge in [0.05, 0.1) is 51.7 Å². The highest BCUT2D eigenvalue weighted by Crippen LogP contribution is 2.47. The van der Waals surface area contributed by atoms with Crippen molar-refractivity contribution in [1.82, 2.24) is 0 Å². The Morgan fingerprint density at radius 3 is 1.54 bits per heavy atom. The van der Waals surface area contributed by atoms with E-state index in [0.29, 0.717) is 23.2 Å². The minimum atomic E-state index is -5.12. The van der Waals surface area contributed by atoms with E-state index in [1.807, 2.05) is 0 Å². The average Bonchev–Trinajstić information content (AvgIpc) is 3.40. The second-order valence-corrected chi connectivity index (χ2v) is 23.7. The van der Waals surface area contributed by atoms with Crippen LogP contribution in [0.2, 0.25) is 0 Å². The van der Waals surface area contributed by atoms with Crippen LogP contribution in [0.3, 0.4) is 0 Å². The summed E-state index contributed by atoms with van der Waals surface area (Å²) in [5.41, 5.74) is -0.0704. The third-order valence-electron chi connectivity index (χ3n) is 11.7. The molecule has 0 amide bonds. The molecule has 7 N–H and O–H groups in total. The van der Waals surface area contributed by atoms with Crippen LogP contribution >= 0.6 is 0 Å². The quantitative estimate of drug-likeness (QED) is 0.0370. The number of phenols is 1. The molecule has 0 atom stereocenters. The summed E-state index contributed by atoms with van der Waals surface area (Å²) in [6.45, 7) is 0. The number of rotatable bonds is 15. The number of fused-ring (bicyclic) bond motifs is 4. The number of phenolic OH excluding ortho intramolecular Hbond substituents is 1. The molecule has 25 nitrogen and oxygen atoms in total. The third-order valence-corrected chi connectivity index (χ3v) is 16.0. The van der Waals surface area contributed by atoms with Crippen LogP contribution in [-0.4, -0.2) is 84.2 Å². The zero-order valence-electron chi connectivity index (χ0n) is 39.5. The number of aromatic hydroxyl groups is 1. The van der Waals surface area contributed by atoms with Crippen LogP contribution in [0.4, 0.5) is 45.5 Å². The Balaban J connectivity index is 1.14. The van der Waals surface area contributed by atoms with Gasteiger partial charge in [0.1, 0.15) is 32.7 Å². The normalized spacial score (nSPS) is 13.0. The third kappa shape index (κ3) is 11.2. The van der Waals surface area contributed by atoms with Crippen LogP contribution in [0.25, 0.3) is 43.1 Å². The molecule has 0 aromatic heterocycles. The van der Waals surface area contributed by atoms with Crippen LogP contribution < -0.4 is 14.8 Å². The van der Waals surface area contributed by atoms with E-state index < -0.39 is 86.5 Å². The predicted molar refractivity (Wildman–Crippen MR) is 282 cm³/mol. The summed E-state index contributed by atoms with van der Waals surface area (Å²) in [5, 5.41) is 39.9. The van der Waals surface area contributed by atoms with Gasteiger partial charge in [-0.05, 0) is 120 Å². The van der Waals surface area contributed by atoms with E-state index in [9.17, 15) is 70.0 Å². The smallest absolute Gasteiger partial charge is 0.296 e. The summed E-state index contributed by atoms with van der Waals surface area (Å²) < 4.78 is 184. The summed E-state index contributed by atoms with van der Waals surface area (Å²) in [5.74, 6) is -0.260. The molecule has 0 spiro atoms. The Labute approximate surface area is 441 Å². The van der Waals surface area contributed by atoms with Crippen molar-refractivity contribution in [3.8, 4) is 17.2 Å². The summed E-state index contributed by atoms with van der Waals surface area (Å²) >= 11 is 0. The van der Waals surface area contributed by atoms with Gasteiger partial charge in [0, 0.05) is 49.8 Å². The molecule has 0 aliphatic rings. The first-order valence-electron chi connectivity index (χ1n) is 21.7. The maximum absolute atomic E-state index is 12.9. The monoisotopic (exact) mass is 1160 g/mol. The lowest BCUT2D eigenvalue weighted by molar-refractivity contribution is 0.415. The molecule has 400 valence electrons. The zero-order valence-corrected chi connectivity index (χ0v) is 43.6. The topological polar surface area (TPSA) is 397 Å². The lowest BCUT2D eigenvalue weighted by Crippen LogP contribution is -2.04. The van der Waals surface area contributed by atoms with Crippen LogP contribution in [-0.2, 0) is 50.6 Å². The summed E-state index contributed by atoms with van der Waals surface area (Å²) in [4.78, 5) is -3.76. The molecule has 0 fully saturated rings. The van der Waals surface area contributed by atoms with Crippen LogP contribution in [0.1, 0.15) is 0 Å². The summed E-state index contributed by atoms with van der Waals surface area (Å²) in [6.07, 6.45) is 0. The van der Waals surface area contributed by atoms with Crippen molar-refractivity contribution in [3.05, 3.63) is 133 Å². The maximum atomic E-state index is 12.9. The van der Waals surface area contributed by atoms with Gasteiger partial charge >= 0.3 is 0 Å². The zero-order chi connectivity index (χ0) is 56.3. The number of anilines is 2. The van der Waals surface area contributed by atoms with Crippen molar-refractivity contribution in [1.29, 1.82) is 0 Å². The van der Waals surface area contributed by atoms with Crippen molar-refractivity contribution >= 4 is 139 Å². The van der Waals surface area contributed by atoms with Crippen LogP contribution in [0.5, 0.6) is 17.2 Å². The second-order valence-electron chi connectivity index (χ2n) is 16.6. The number of methoxy groups -OCH3 is 2. The lowest BCUT2D eigenvalue weighted by atomic mass is 10.1. The van der Waals surface area contributed by atoms with Gasteiger partial charge in [-0.2, -0.15) is 47.2 Å². The van der Waals surface area contributed by atoms with Gasteiger partial charge in [-0.3, -0.25) is 22.8 Å². The molecule has 0 radical (unpaired) electrons. The Morgan fingerprint density at radius 1 is 0.385 bits per heavy atom. The molecule has 0 unspecified atom stereocenters. The van der Waals surface area contributed by atoms with Gasteiger partial charge < -0.3 is 19.9 Å². The van der Waals surface area contributed by atoms with Gasteiger partial charge in [0.2, 0.25) is 0 Å². The summed E-state index contributed by atoms with van der Waals surface area (Å²) in [7, 11) is -22.1. The van der Waals surface area contributed by atoms with Gasteiger partial charge in [-0.15, -0.1) is 25.6 Å². The Morgan fingerprint density at radius 2 is 0.936 bits per heavy atom. The number of hydrogen-bond acceptors (Lipinski definition) is 20. The number of ether oxygens (including phenoxy) is 2. The van der Waals surface area contributed by atoms with Crippen LogP contribution in [0, 0.1) is 0 Å². The SMILES string of the molecule is COc1ccc(Nc2ccc3c(O)c(N=Nc4c(OC)cc(N=Nc5ccc(N=Nc6ccc7cc(S(=O)(=O)O)cc(S(=O)(=O)O)c7c6)c6ccc(S(=O)(=O)O)cc56)c5cc(S(=O)(=O)O)ccc45)c(S(=O)(=O)O)cc3c2)cc1. The number of azo groups is 3. The van der Waals surface area contributed by atoms with E-state index in [4.69, 9.17) is 9.47 Å². The van der Waals surface area contributed by atoms with Crippen molar-refractivity contribution in [2.24, 2.45) is 30.7 Å². The van der Waals surface area contributed by atoms with Crippen molar-refractivity contribution in [3.63, 3.8) is 0 Å². The first kappa shape index (κ1) is 54.4. The predicted octanol–water partition coefficient (Wildman–Crippen LogP) is 11.2. The fraction of sp³-hybridized carbons (Fsp3) is 0.0417. The van der Waals surface area contributed by atoms with Gasteiger partial charge in [0.15, 0.2) is 5.75 Å². The Bertz CT molecular complexity index is 4710. The van der Waals surface area contributed by atoms with E-state index in [0.717, 1.165) is 42.5 Å². The van der Waals surface area contributed by atoms with Crippen molar-refractivity contribution < 1.29 is 79.4 Å². The number of nitrogens with one attached hydrogen (secondary N) is 1. The second kappa shape index (κ2) is 20.2. The average molecular weight is 1160 g/mol. The van der Waals surface area contributed by atoms with Gasteiger partial charge in [-0.25, -0.2) is 0 Å². The van der Waals surface area contributed by atoms with Crippen LogP contribution in [0.15, 0.2) is 189 Å². The highest BCUT2D eigenvalue weighted by atomic mass is 32.2. The molecule has 0 saturated carbocycles. The highest BCUT2D eigenvalue weighted by Gasteiger charge is 2.25. The maximum Gasteiger partial charge on any atom is 0.296 e. The van der Waals surface area contributed by atoms with E-state index in [1.165, 1.54) is 68.8 Å². The van der Waals surface area contributed by atoms with Crippen molar-refractivity contribution in [2.45, 2.75) is 24.5 Å². The molecule has 0 heterocycles. The number of benzene rings is 9. The number of hydrogen-bond donors (Lipinski definition) is 7. The summed E-state index contributed by atoms with van der Waals surface area (Å²) in [6, 6.07) is 28.1.